The molecule has 0 aliphatic heterocycles. The number of carbonyl (C=O) groups excluding carboxylic acids is 1. The summed E-state index contributed by atoms with van der Waals surface area (Å²) in [5.74, 6) is -0.184. The molecule has 5 nitrogen and oxygen atoms in total. The smallest absolute Gasteiger partial charge is 0.251 e. The molecule has 22 heavy (non-hydrogen) atoms. The number of halogens is 1. The minimum Gasteiger partial charge on any atom is -0.355 e. The third kappa shape index (κ3) is 3.86. The lowest BCUT2D eigenvalue weighted by Crippen LogP contribution is -2.22. The van der Waals surface area contributed by atoms with E-state index in [4.69, 9.17) is 11.6 Å². The van der Waals surface area contributed by atoms with Crippen molar-refractivity contribution < 1.29 is 13.2 Å². The molecule has 2 aromatic rings. The van der Waals surface area contributed by atoms with Crippen LogP contribution in [0.3, 0.4) is 0 Å². The van der Waals surface area contributed by atoms with E-state index in [0.29, 0.717) is 9.90 Å². The number of nitrogens with one attached hydrogen (secondary N) is 2. The fourth-order valence-corrected chi connectivity index (χ4v) is 4.50. The summed E-state index contributed by atoms with van der Waals surface area (Å²) < 4.78 is 27.5. The van der Waals surface area contributed by atoms with Gasteiger partial charge in [0.1, 0.15) is 4.21 Å². The number of thiophene rings is 1. The summed E-state index contributed by atoms with van der Waals surface area (Å²) in [5.41, 5.74) is 2.02. The number of sulfonamides is 1. The van der Waals surface area contributed by atoms with E-state index >= 15 is 0 Å². The van der Waals surface area contributed by atoms with E-state index in [1.165, 1.54) is 0 Å². The molecule has 0 atom stereocenters. The van der Waals surface area contributed by atoms with E-state index in [0.717, 1.165) is 22.5 Å². The van der Waals surface area contributed by atoms with Crippen molar-refractivity contribution in [3.05, 3.63) is 51.4 Å². The molecule has 8 heteroatoms. The van der Waals surface area contributed by atoms with Gasteiger partial charge in [0.05, 0.1) is 4.34 Å². The topological polar surface area (TPSA) is 75.3 Å². The Morgan fingerprint density at radius 2 is 1.91 bits per heavy atom. The minimum absolute atomic E-state index is 0.144. The number of amides is 1. The van der Waals surface area contributed by atoms with Crippen LogP contribution in [0, 0.1) is 6.92 Å². The van der Waals surface area contributed by atoms with Crippen molar-refractivity contribution in [2.24, 2.45) is 0 Å². The summed E-state index contributed by atoms with van der Waals surface area (Å²) in [5, 5.41) is 2.52. The molecule has 0 aliphatic carbocycles. The van der Waals surface area contributed by atoms with Gasteiger partial charge in [-0.1, -0.05) is 23.7 Å². The van der Waals surface area contributed by atoms with Gasteiger partial charge in [-0.3, -0.25) is 4.79 Å². The second-order valence-electron chi connectivity index (χ2n) is 4.62. The van der Waals surface area contributed by atoms with Crippen molar-refractivity contribution in [1.29, 1.82) is 0 Å². The van der Waals surface area contributed by atoms with E-state index in [1.807, 2.05) is 0 Å². The van der Waals surface area contributed by atoms with Crippen LogP contribution in [-0.2, 0) is 16.6 Å². The summed E-state index contributed by atoms with van der Waals surface area (Å²) in [6, 6.07) is 8.26. The molecule has 1 aromatic carbocycles. The van der Waals surface area contributed by atoms with Crippen molar-refractivity contribution >= 4 is 38.9 Å². The number of benzene rings is 1. The van der Waals surface area contributed by atoms with Gasteiger partial charge in [-0.25, -0.2) is 13.1 Å². The first-order valence-electron chi connectivity index (χ1n) is 6.40. The average molecular weight is 359 g/mol. The predicted molar refractivity (Wildman–Crippen MR) is 87.9 cm³/mol. The van der Waals surface area contributed by atoms with Crippen LogP contribution in [0.4, 0.5) is 0 Å². The monoisotopic (exact) mass is 358 g/mol. The molecular weight excluding hydrogens is 344 g/mol. The molecule has 0 radical (unpaired) electrons. The zero-order valence-corrected chi connectivity index (χ0v) is 14.4. The number of hydrogen-bond donors (Lipinski definition) is 2. The van der Waals surface area contributed by atoms with Crippen molar-refractivity contribution in [1.82, 2.24) is 10.0 Å². The van der Waals surface area contributed by atoms with Crippen LogP contribution >= 0.6 is 22.9 Å². The summed E-state index contributed by atoms with van der Waals surface area (Å²) in [6.07, 6.45) is 0. The molecule has 0 saturated carbocycles. The Morgan fingerprint density at radius 3 is 2.41 bits per heavy atom. The highest BCUT2D eigenvalue weighted by molar-refractivity contribution is 7.91. The van der Waals surface area contributed by atoms with Gasteiger partial charge in [0.25, 0.3) is 5.91 Å². The summed E-state index contributed by atoms with van der Waals surface area (Å²) in [7, 11) is -2.03. The fraction of sp³-hybridized carbons (Fsp3) is 0.214. The highest BCUT2D eigenvalue weighted by Gasteiger charge is 2.18. The van der Waals surface area contributed by atoms with E-state index in [-0.39, 0.29) is 16.7 Å². The zero-order valence-electron chi connectivity index (χ0n) is 12.0. The lowest BCUT2D eigenvalue weighted by atomic mass is 10.1. The average Bonchev–Trinajstić information content (AvgIpc) is 2.85. The van der Waals surface area contributed by atoms with Gasteiger partial charge in [-0.15, -0.1) is 11.3 Å². The van der Waals surface area contributed by atoms with Crippen LogP contribution in [0.25, 0.3) is 0 Å². The van der Waals surface area contributed by atoms with E-state index < -0.39 is 10.0 Å². The maximum absolute atomic E-state index is 12.2. The van der Waals surface area contributed by atoms with Gasteiger partial charge in [0.2, 0.25) is 10.0 Å². The maximum atomic E-state index is 12.2. The molecule has 0 spiro atoms. The van der Waals surface area contributed by atoms with Crippen LogP contribution in [0.15, 0.2) is 34.5 Å². The van der Waals surface area contributed by atoms with Gasteiger partial charge in [0.15, 0.2) is 0 Å². The molecule has 0 aliphatic rings. The van der Waals surface area contributed by atoms with Crippen LogP contribution in [0.5, 0.6) is 0 Å². The van der Waals surface area contributed by atoms with Crippen molar-refractivity contribution in [3.63, 3.8) is 0 Å². The molecular formula is C14H15ClN2O3S2. The Bertz CT molecular complexity index is 763. The Labute approximate surface area is 138 Å². The molecule has 0 saturated heterocycles. The summed E-state index contributed by atoms with van der Waals surface area (Å²) in [6.45, 7) is 1.90. The Balaban J connectivity index is 2.07. The van der Waals surface area contributed by atoms with Gasteiger partial charge in [-0.2, -0.15) is 0 Å². The van der Waals surface area contributed by atoms with Crippen LogP contribution in [0.2, 0.25) is 4.34 Å². The second kappa shape index (κ2) is 6.78. The van der Waals surface area contributed by atoms with E-state index in [9.17, 15) is 13.2 Å². The third-order valence-corrected chi connectivity index (χ3v) is 6.44. The maximum Gasteiger partial charge on any atom is 0.251 e. The highest BCUT2D eigenvalue weighted by Crippen LogP contribution is 2.29. The quantitative estimate of drug-likeness (QED) is 0.862. The minimum atomic E-state index is -3.59. The molecule has 1 amide bonds. The Kier molecular flexibility index (Phi) is 5.23. The van der Waals surface area contributed by atoms with Gasteiger partial charge in [-0.05, 0) is 36.2 Å². The summed E-state index contributed by atoms with van der Waals surface area (Å²) in [4.78, 5) is 11.4. The molecule has 1 heterocycles. The van der Waals surface area contributed by atoms with Gasteiger partial charge < -0.3 is 5.32 Å². The third-order valence-electron chi connectivity index (χ3n) is 3.01. The standard InChI is InChI=1S/C14H15ClN2O3S2/c1-9-7-12(21-13(9)15)22(19,20)17-8-10-3-5-11(6-4-10)14(18)16-2/h3-7,17H,8H2,1-2H3,(H,16,18). The largest absolute Gasteiger partial charge is 0.355 e. The van der Waals surface area contributed by atoms with Gasteiger partial charge >= 0.3 is 0 Å². The number of carbonyl (C=O) groups is 1. The second-order valence-corrected chi connectivity index (χ2v) is 8.27. The molecule has 1 aromatic heterocycles. The lowest BCUT2D eigenvalue weighted by molar-refractivity contribution is 0.0963. The lowest BCUT2D eigenvalue weighted by Gasteiger charge is -2.06. The number of rotatable bonds is 5. The first-order valence-corrected chi connectivity index (χ1v) is 9.08. The van der Waals surface area contributed by atoms with Crippen molar-refractivity contribution in [2.75, 3.05) is 7.05 Å². The van der Waals surface area contributed by atoms with Crippen molar-refractivity contribution in [2.45, 2.75) is 17.7 Å². The summed E-state index contributed by atoms with van der Waals surface area (Å²) >= 11 is 6.93. The Hall–Kier alpha value is -1.41. The number of hydrogen-bond acceptors (Lipinski definition) is 4. The first-order chi connectivity index (χ1) is 10.3. The Morgan fingerprint density at radius 1 is 1.27 bits per heavy atom. The zero-order chi connectivity index (χ0) is 16.3. The van der Waals surface area contributed by atoms with E-state index in [2.05, 4.69) is 10.0 Å². The molecule has 0 bridgehead atoms. The molecule has 2 rings (SSSR count). The fourth-order valence-electron chi connectivity index (χ4n) is 1.73. The van der Waals surface area contributed by atoms with E-state index in [1.54, 1.807) is 44.3 Å². The normalized spacial score (nSPS) is 11.4. The molecule has 0 fully saturated rings. The highest BCUT2D eigenvalue weighted by atomic mass is 35.5. The molecule has 118 valence electrons. The SMILES string of the molecule is CNC(=O)c1ccc(CNS(=O)(=O)c2cc(C)c(Cl)s2)cc1. The van der Waals surface area contributed by atoms with Crippen LogP contribution < -0.4 is 10.0 Å². The predicted octanol–water partition coefficient (Wildman–Crippen LogP) is 2.55. The molecule has 0 unspecified atom stereocenters. The van der Waals surface area contributed by atoms with Crippen LogP contribution in [0.1, 0.15) is 21.5 Å². The van der Waals surface area contributed by atoms with Gasteiger partial charge in [0, 0.05) is 19.2 Å². The van der Waals surface area contributed by atoms with Crippen molar-refractivity contribution in [3.8, 4) is 0 Å². The molecule has 2 N–H and O–H groups in total. The van der Waals surface area contributed by atoms with Crippen LogP contribution in [-0.4, -0.2) is 21.4 Å². The number of aryl methyl sites for hydroxylation is 1. The first kappa shape index (κ1) is 17.0.